The van der Waals surface area contributed by atoms with Crippen LogP contribution >= 0.6 is 24.0 Å². The normalized spacial score (nSPS) is 18.9. The van der Waals surface area contributed by atoms with Crippen LogP contribution in [0.2, 0.25) is 0 Å². The van der Waals surface area contributed by atoms with Crippen LogP contribution in [0, 0.1) is 5.92 Å². The number of nitrogens with zero attached hydrogens (tertiary/aromatic N) is 2. The van der Waals surface area contributed by atoms with Crippen molar-refractivity contribution in [1.29, 1.82) is 0 Å². The number of halogens is 1. The molecule has 2 N–H and O–H groups in total. The molecule has 1 aliphatic carbocycles. The van der Waals surface area contributed by atoms with E-state index in [0.717, 1.165) is 43.2 Å². The average Bonchev–Trinajstić information content (AvgIpc) is 3.47. The predicted octanol–water partition coefficient (Wildman–Crippen LogP) is 2.55. The van der Waals surface area contributed by atoms with Gasteiger partial charge in [-0.25, -0.2) is 8.42 Å². The summed E-state index contributed by atoms with van der Waals surface area (Å²) in [6.45, 7) is 2.60. The van der Waals surface area contributed by atoms with Crippen molar-refractivity contribution in [3.05, 3.63) is 29.8 Å². The molecule has 0 bridgehead atoms. The molecule has 0 amide bonds. The van der Waals surface area contributed by atoms with Crippen molar-refractivity contribution in [1.82, 2.24) is 14.9 Å². The molecular formula is C18H29IN4O2S. The minimum absolute atomic E-state index is 0. The van der Waals surface area contributed by atoms with Crippen LogP contribution in [0.25, 0.3) is 0 Å². The van der Waals surface area contributed by atoms with Crippen LogP contribution in [0.4, 0.5) is 0 Å². The fourth-order valence-corrected chi connectivity index (χ4v) is 4.85. The van der Waals surface area contributed by atoms with Crippen molar-refractivity contribution in [3.63, 3.8) is 0 Å². The molecule has 0 aromatic heterocycles. The Morgan fingerprint density at radius 2 is 1.85 bits per heavy atom. The lowest BCUT2D eigenvalue weighted by Crippen LogP contribution is -2.39. The van der Waals surface area contributed by atoms with E-state index in [2.05, 4.69) is 15.6 Å². The van der Waals surface area contributed by atoms with Gasteiger partial charge in [-0.1, -0.05) is 24.6 Å². The molecule has 1 aliphatic heterocycles. The summed E-state index contributed by atoms with van der Waals surface area (Å²) >= 11 is 0. The van der Waals surface area contributed by atoms with Gasteiger partial charge in [0.2, 0.25) is 10.0 Å². The van der Waals surface area contributed by atoms with Crippen LogP contribution in [0.5, 0.6) is 0 Å². The molecule has 1 saturated carbocycles. The summed E-state index contributed by atoms with van der Waals surface area (Å²) < 4.78 is 27.6. The van der Waals surface area contributed by atoms with Gasteiger partial charge in [-0.15, -0.1) is 24.0 Å². The van der Waals surface area contributed by atoms with E-state index in [1.54, 1.807) is 23.5 Å². The highest BCUT2D eigenvalue weighted by Gasteiger charge is 2.28. The first kappa shape index (κ1) is 21.4. The van der Waals surface area contributed by atoms with Gasteiger partial charge in [0.15, 0.2) is 5.96 Å². The Hall–Kier alpha value is -0.870. The molecule has 2 aliphatic rings. The smallest absolute Gasteiger partial charge is 0.243 e. The first-order valence-corrected chi connectivity index (χ1v) is 10.6. The first-order valence-electron chi connectivity index (χ1n) is 9.14. The highest BCUT2D eigenvalue weighted by molar-refractivity contribution is 14.0. The van der Waals surface area contributed by atoms with Crippen molar-refractivity contribution >= 4 is 40.0 Å². The maximum atomic E-state index is 13.0. The maximum Gasteiger partial charge on any atom is 0.243 e. The van der Waals surface area contributed by atoms with Crippen LogP contribution < -0.4 is 10.6 Å². The molecule has 1 saturated heterocycles. The number of benzene rings is 1. The van der Waals surface area contributed by atoms with Crippen LogP contribution in [0.3, 0.4) is 0 Å². The molecule has 8 heteroatoms. The lowest BCUT2D eigenvalue weighted by Gasteiger charge is -2.27. The molecule has 2 fully saturated rings. The Bertz CT molecular complexity index is 714. The summed E-state index contributed by atoms with van der Waals surface area (Å²) in [5, 5.41) is 6.54. The molecule has 0 unspecified atom stereocenters. The van der Waals surface area contributed by atoms with Crippen molar-refractivity contribution in [2.24, 2.45) is 10.9 Å². The standard InChI is InChI=1S/C18H28N4O2S.HI/c1-19-18(20-13-15-9-10-15)21-14-16-7-3-4-8-17(16)25(23,24)22-11-5-2-6-12-22;/h3-4,7-8,15H,2,5-6,9-14H2,1H3,(H2,19,20,21);1H. The van der Waals surface area contributed by atoms with Gasteiger partial charge in [0.25, 0.3) is 0 Å². The Labute approximate surface area is 173 Å². The second kappa shape index (κ2) is 9.89. The molecule has 3 rings (SSSR count). The van der Waals surface area contributed by atoms with Gasteiger partial charge in [-0.2, -0.15) is 4.31 Å². The number of nitrogens with one attached hydrogen (secondary N) is 2. The van der Waals surface area contributed by atoms with Crippen LogP contribution in [-0.4, -0.2) is 45.4 Å². The topological polar surface area (TPSA) is 73.8 Å². The van der Waals surface area contributed by atoms with Gasteiger partial charge in [0, 0.05) is 33.2 Å². The van der Waals surface area contributed by atoms with Crippen LogP contribution in [0.1, 0.15) is 37.7 Å². The maximum absolute atomic E-state index is 13.0. The number of hydrogen-bond acceptors (Lipinski definition) is 3. The number of hydrogen-bond donors (Lipinski definition) is 2. The Morgan fingerprint density at radius 3 is 2.50 bits per heavy atom. The minimum Gasteiger partial charge on any atom is -0.356 e. The number of rotatable bonds is 6. The lowest BCUT2D eigenvalue weighted by atomic mass is 10.2. The second-order valence-corrected chi connectivity index (χ2v) is 8.73. The van der Waals surface area contributed by atoms with Crippen molar-refractivity contribution in [2.45, 2.75) is 43.5 Å². The van der Waals surface area contributed by atoms with E-state index >= 15 is 0 Å². The van der Waals surface area contributed by atoms with Crippen molar-refractivity contribution in [2.75, 3.05) is 26.7 Å². The van der Waals surface area contributed by atoms with Gasteiger partial charge < -0.3 is 10.6 Å². The quantitative estimate of drug-likeness (QED) is 0.364. The Balaban J connectivity index is 0.00000243. The highest BCUT2D eigenvalue weighted by atomic mass is 127. The van der Waals surface area contributed by atoms with E-state index in [4.69, 9.17) is 0 Å². The summed E-state index contributed by atoms with van der Waals surface area (Å²) in [6.07, 6.45) is 5.55. The molecule has 6 nitrogen and oxygen atoms in total. The fourth-order valence-electron chi connectivity index (χ4n) is 3.11. The molecule has 26 heavy (non-hydrogen) atoms. The average molecular weight is 492 g/mol. The molecule has 0 atom stereocenters. The van der Waals surface area contributed by atoms with E-state index < -0.39 is 10.0 Å². The summed E-state index contributed by atoms with van der Waals surface area (Å²) in [5.41, 5.74) is 0.780. The second-order valence-electron chi connectivity index (χ2n) is 6.82. The predicted molar refractivity (Wildman–Crippen MR) is 115 cm³/mol. The zero-order valence-electron chi connectivity index (χ0n) is 15.3. The Morgan fingerprint density at radius 1 is 1.15 bits per heavy atom. The molecule has 1 aromatic rings. The van der Waals surface area contributed by atoms with Gasteiger partial charge in [0.05, 0.1) is 4.90 Å². The third kappa shape index (κ3) is 5.56. The largest absolute Gasteiger partial charge is 0.356 e. The van der Waals surface area contributed by atoms with Gasteiger partial charge in [0.1, 0.15) is 0 Å². The van der Waals surface area contributed by atoms with Crippen LogP contribution in [-0.2, 0) is 16.6 Å². The number of sulfonamides is 1. The number of piperidine rings is 1. The first-order chi connectivity index (χ1) is 12.1. The molecule has 0 spiro atoms. The summed E-state index contributed by atoms with van der Waals surface area (Å²) in [7, 11) is -1.70. The van der Waals surface area contributed by atoms with Crippen molar-refractivity contribution < 1.29 is 8.42 Å². The van der Waals surface area contributed by atoms with Gasteiger partial charge in [-0.05, 0) is 43.2 Å². The lowest BCUT2D eigenvalue weighted by molar-refractivity contribution is 0.346. The van der Waals surface area contributed by atoms with E-state index in [0.29, 0.717) is 24.5 Å². The van der Waals surface area contributed by atoms with Crippen LogP contribution in [0.15, 0.2) is 34.2 Å². The van der Waals surface area contributed by atoms with E-state index in [1.807, 2.05) is 12.1 Å². The van der Waals surface area contributed by atoms with Gasteiger partial charge >= 0.3 is 0 Å². The zero-order chi connectivity index (χ0) is 17.7. The highest BCUT2D eigenvalue weighted by Crippen LogP contribution is 2.27. The summed E-state index contributed by atoms with van der Waals surface area (Å²) in [6, 6.07) is 7.26. The molecule has 1 aromatic carbocycles. The molecular weight excluding hydrogens is 463 g/mol. The third-order valence-corrected chi connectivity index (χ3v) is 6.83. The van der Waals surface area contributed by atoms with E-state index in [-0.39, 0.29) is 24.0 Å². The van der Waals surface area contributed by atoms with E-state index in [1.165, 1.54) is 12.8 Å². The number of aliphatic imine (C=N–C) groups is 1. The molecule has 1 heterocycles. The minimum atomic E-state index is -3.43. The third-order valence-electron chi connectivity index (χ3n) is 4.83. The zero-order valence-corrected chi connectivity index (χ0v) is 18.4. The summed E-state index contributed by atoms with van der Waals surface area (Å²) in [4.78, 5) is 4.62. The monoisotopic (exact) mass is 492 g/mol. The SMILES string of the molecule is CN=C(NCc1ccccc1S(=O)(=O)N1CCCCC1)NCC1CC1.I. The molecule has 146 valence electrons. The van der Waals surface area contributed by atoms with E-state index in [9.17, 15) is 8.42 Å². The van der Waals surface area contributed by atoms with Crippen molar-refractivity contribution in [3.8, 4) is 0 Å². The summed E-state index contributed by atoms with van der Waals surface area (Å²) in [5.74, 6) is 1.47. The molecule has 0 radical (unpaired) electrons. The Kier molecular flexibility index (Phi) is 8.15. The number of guanidine groups is 1. The van der Waals surface area contributed by atoms with Gasteiger partial charge in [-0.3, -0.25) is 4.99 Å². The fraction of sp³-hybridized carbons (Fsp3) is 0.611.